The molecule has 1 aromatic carbocycles. The highest BCUT2D eigenvalue weighted by molar-refractivity contribution is 5.74. The Labute approximate surface area is 130 Å². The number of nitrogens with zero attached hydrogens (tertiary/aromatic N) is 3. The van der Waals surface area contributed by atoms with Crippen LogP contribution in [0.25, 0.3) is 11.0 Å². The molecular formula is C15H14F3N5. The molecule has 2 aromatic heterocycles. The number of para-hydroxylation sites is 2. The van der Waals surface area contributed by atoms with Crippen LogP contribution in [-0.4, -0.2) is 26.7 Å². The Kier molecular flexibility index (Phi) is 4.14. The molecule has 0 aliphatic heterocycles. The third-order valence-corrected chi connectivity index (χ3v) is 3.29. The summed E-state index contributed by atoms with van der Waals surface area (Å²) in [5.74, 6) is 1.20. The molecule has 3 rings (SSSR count). The van der Waals surface area contributed by atoms with Crippen molar-refractivity contribution in [3.8, 4) is 0 Å². The van der Waals surface area contributed by atoms with Gasteiger partial charge in [0.15, 0.2) is 5.69 Å². The van der Waals surface area contributed by atoms with Gasteiger partial charge < -0.3 is 10.3 Å². The van der Waals surface area contributed by atoms with E-state index in [1.165, 1.54) is 6.07 Å². The number of alkyl halides is 3. The first-order chi connectivity index (χ1) is 11.0. The first-order valence-electron chi connectivity index (χ1n) is 7.11. The van der Waals surface area contributed by atoms with Gasteiger partial charge in [-0.25, -0.2) is 4.98 Å². The molecule has 0 radical (unpaired) electrons. The maximum Gasteiger partial charge on any atom is 0.435 e. The number of H-pyrrole nitrogens is 1. The Morgan fingerprint density at radius 2 is 1.87 bits per heavy atom. The monoisotopic (exact) mass is 321 g/mol. The van der Waals surface area contributed by atoms with Crippen LogP contribution in [-0.2, 0) is 12.6 Å². The predicted octanol–water partition coefficient (Wildman–Crippen LogP) is 3.42. The molecular weight excluding hydrogens is 307 g/mol. The van der Waals surface area contributed by atoms with Crippen molar-refractivity contribution < 1.29 is 13.2 Å². The van der Waals surface area contributed by atoms with Crippen molar-refractivity contribution in [2.24, 2.45) is 0 Å². The highest BCUT2D eigenvalue weighted by Crippen LogP contribution is 2.27. The molecule has 0 amide bonds. The number of hydrogen-bond acceptors (Lipinski definition) is 4. The van der Waals surface area contributed by atoms with Gasteiger partial charge in [0, 0.05) is 13.0 Å². The number of imidazole rings is 1. The van der Waals surface area contributed by atoms with Crippen LogP contribution in [0.15, 0.2) is 36.4 Å². The number of anilines is 1. The van der Waals surface area contributed by atoms with Crippen molar-refractivity contribution >= 4 is 16.9 Å². The summed E-state index contributed by atoms with van der Waals surface area (Å²) in [5.41, 5.74) is 0.915. The summed E-state index contributed by atoms with van der Waals surface area (Å²) in [4.78, 5) is 7.69. The average molecular weight is 321 g/mol. The standard InChI is InChI=1S/C15H14F3N5/c16-15(17,18)12-7-8-13(23-22-12)19-9-3-6-14-20-10-4-1-2-5-11(10)21-14/h1-2,4-5,7-8H,3,6,9H2,(H,19,23)(H,20,21). The second-order valence-corrected chi connectivity index (χ2v) is 5.03. The summed E-state index contributed by atoms with van der Waals surface area (Å²) in [5, 5.41) is 9.62. The van der Waals surface area contributed by atoms with Gasteiger partial charge in [0.25, 0.3) is 0 Å². The van der Waals surface area contributed by atoms with E-state index in [0.717, 1.165) is 35.8 Å². The minimum absolute atomic E-state index is 0.322. The minimum Gasteiger partial charge on any atom is -0.369 e. The number of aromatic amines is 1. The van der Waals surface area contributed by atoms with Crippen LogP contribution in [0.1, 0.15) is 17.9 Å². The van der Waals surface area contributed by atoms with Gasteiger partial charge >= 0.3 is 6.18 Å². The molecule has 5 nitrogen and oxygen atoms in total. The number of benzene rings is 1. The summed E-state index contributed by atoms with van der Waals surface area (Å²) < 4.78 is 37.1. The Hall–Kier alpha value is -2.64. The van der Waals surface area contributed by atoms with Gasteiger partial charge in [-0.15, -0.1) is 10.2 Å². The van der Waals surface area contributed by atoms with Crippen LogP contribution in [0.4, 0.5) is 19.0 Å². The van der Waals surface area contributed by atoms with Gasteiger partial charge in [0.05, 0.1) is 11.0 Å². The molecule has 0 saturated heterocycles. The van der Waals surface area contributed by atoms with Crippen LogP contribution in [0.5, 0.6) is 0 Å². The molecule has 3 aromatic rings. The van der Waals surface area contributed by atoms with Crippen LogP contribution in [0.3, 0.4) is 0 Å². The number of halogens is 3. The summed E-state index contributed by atoms with van der Waals surface area (Å²) in [6.45, 7) is 0.567. The third kappa shape index (κ3) is 3.77. The van der Waals surface area contributed by atoms with E-state index in [1.807, 2.05) is 24.3 Å². The van der Waals surface area contributed by atoms with Gasteiger partial charge in [-0.3, -0.25) is 0 Å². The van der Waals surface area contributed by atoms with E-state index in [2.05, 4.69) is 25.5 Å². The van der Waals surface area contributed by atoms with Crippen LogP contribution in [0.2, 0.25) is 0 Å². The first-order valence-corrected chi connectivity index (χ1v) is 7.11. The molecule has 120 valence electrons. The van der Waals surface area contributed by atoms with Crippen LogP contribution < -0.4 is 5.32 Å². The van der Waals surface area contributed by atoms with E-state index in [-0.39, 0.29) is 0 Å². The lowest BCUT2D eigenvalue weighted by atomic mass is 10.3. The quantitative estimate of drug-likeness (QED) is 0.707. The fourth-order valence-electron chi connectivity index (χ4n) is 2.17. The van der Waals surface area contributed by atoms with Crippen molar-refractivity contribution in [3.63, 3.8) is 0 Å². The topological polar surface area (TPSA) is 66.5 Å². The van der Waals surface area contributed by atoms with Gasteiger partial charge in [0.1, 0.15) is 11.6 Å². The van der Waals surface area contributed by atoms with Crippen molar-refractivity contribution in [1.82, 2.24) is 20.2 Å². The van der Waals surface area contributed by atoms with Gasteiger partial charge in [-0.05, 0) is 30.7 Å². The van der Waals surface area contributed by atoms with Gasteiger partial charge in [-0.1, -0.05) is 12.1 Å². The van der Waals surface area contributed by atoms with Crippen molar-refractivity contribution in [3.05, 3.63) is 47.9 Å². The lowest BCUT2D eigenvalue weighted by Gasteiger charge is -2.06. The molecule has 2 heterocycles. The summed E-state index contributed by atoms with van der Waals surface area (Å²) in [7, 11) is 0. The minimum atomic E-state index is -4.47. The zero-order valence-electron chi connectivity index (χ0n) is 12.1. The fourth-order valence-corrected chi connectivity index (χ4v) is 2.17. The Morgan fingerprint density at radius 3 is 2.57 bits per heavy atom. The molecule has 0 atom stereocenters. The van der Waals surface area contributed by atoms with E-state index in [9.17, 15) is 13.2 Å². The summed E-state index contributed by atoms with van der Waals surface area (Å²) >= 11 is 0. The molecule has 8 heteroatoms. The van der Waals surface area contributed by atoms with E-state index < -0.39 is 11.9 Å². The number of aromatic nitrogens is 4. The highest BCUT2D eigenvalue weighted by Gasteiger charge is 2.32. The Balaban J connectivity index is 1.49. The number of fused-ring (bicyclic) bond motifs is 1. The maximum atomic E-state index is 12.4. The van der Waals surface area contributed by atoms with E-state index in [4.69, 9.17) is 0 Å². The molecule has 23 heavy (non-hydrogen) atoms. The van der Waals surface area contributed by atoms with Crippen molar-refractivity contribution in [2.45, 2.75) is 19.0 Å². The summed E-state index contributed by atoms with van der Waals surface area (Å²) in [6.07, 6.45) is -2.97. The lowest BCUT2D eigenvalue weighted by Crippen LogP contribution is -2.11. The average Bonchev–Trinajstić information content (AvgIpc) is 2.94. The van der Waals surface area contributed by atoms with Gasteiger partial charge in [0.2, 0.25) is 0 Å². The number of aryl methyl sites for hydroxylation is 1. The zero-order valence-corrected chi connectivity index (χ0v) is 12.1. The number of hydrogen-bond donors (Lipinski definition) is 2. The van der Waals surface area contributed by atoms with Crippen LogP contribution in [0, 0.1) is 0 Å². The SMILES string of the molecule is FC(F)(F)c1ccc(NCCCc2nc3ccccc3[nH]2)nn1. The molecule has 2 N–H and O–H groups in total. The molecule has 0 aliphatic rings. The van der Waals surface area contributed by atoms with E-state index in [0.29, 0.717) is 12.4 Å². The fraction of sp³-hybridized carbons (Fsp3) is 0.267. The number of rotatable bonds is 5. The third-order valence-electron chi connectivity index (χ3n) is 3.29. The predicted molar refractivity (Wildman–Crippen MR) is 79.9 cm³/mol. The summed E-state index contributed by atoms with van der Waals surface area (Å²) in [6, 6.07) is 9.95. The largest absolute Gasteiger partial charge is 0.435 e. The lowest BCUT2D eigenvalue weighted by molar-refractivity contribution is -0.141. The van der Waals surface area contributed by atoms with Gasteiger partial charge in [-0.2, -0.15) is 13.2 Å². The molecule has 0 aliphatic carbocycles. The maximum absolute atomic E-state index is 12.4. The van der Waals surface area contributed by atoms with Crippen LogP contribution >= 0.6 is 0 Å². The highest BCUT2D eigenvalue weighted by atomic mass is 19.4. The Bertz CT molecular complexity index is 747. The van der Waals surface area contributed by atoms with Crippen molar-refractivity contribution in [2.75, 3.05) is 11.9 Å². The smallest absolute Gasteiger partial charge is 0.369 e. The normalized spacial score (nSPS) is 11.8. The van der Waals surface area contributed by atoms with E-state index in [1.54, 1.807) is 0 Å². The second kappa shape index (κ2) is 6.23. The molecule has 0 spiro atoms. The number of nitrogens with one attached hydrogen (secondary N) is 2. The first kappa shape index (κ1) is 15.3. The molecule has 0 bridgehead atoms. The molecule has 0 saturated carbocycles. The van der Waals surface area contributed by atoms with Crippen molar-refractivity contribution in [1.29, 1.82) is 0 Å². The van der Waals surface area contributed by atoms with E-state index >= 15 is 0 Å². The Morgan fingerprint density at radius 1 is 1.04 bits per heavy atom. The second-order valence-electron chi connectivity index (χ2n) is 5.03. The molecule has 0 fully saturated rings. The zero-order chi connectivity index (χ0) is 16.3. The molecule has 0 unspecified atom stereocenters.